The molecule has 0 unspecified atom stereocenters. The molecular weight excluding hydrogens is 438 g/mol. The van der Waals surface area contributed by atoms with Crippen molar-refractivity contribution >= 4 is 22.0 Å². The number of hydrogen-bond donors (Lipinski definition) is 0. The fourth-order valence-corrected chi connectivity index (χ4v) is 3.53. The van der Waals surface area contributed by atoms with Crippen molar-refractivity contribution in [2.45, 2.75) is 57.8 Å². The maximum Gasteiger partial charge on any atom is 1.00 e. The first-order valence-electron chi connectivity index (χ1n) is 9.23. The number of rotatable bonds is 12. The zero-order chi connectivity index (χ0) is 20.3. The van der Waals surface area contributed by atoms with E-state index in [2.05, 4.69) is 6.92 Å². The first-order valence-corrected chi connectivity index (χ1v) is 12.3. The smallest absolute Gasteiger partial charge is 0.334 e. The van der Waals surface area contributed by atoms with Crippen LogP contribution in [0, 0.1) is 18.1 Å². The van der Waals surface area contributed by atoms with Crippen molar-refractivity contribution in [1.82, 2.24) is 0 Å². The van der Waals surface area contributed by atoms with Crippen molar-refractivity contribution in [2.75, 3.05) is 11.5 Å². The molecule has 156 valence electrons. The van der Waals surface area contributed by atoms with Crippen molar-refractivity contribution in [1.29, 1.82) is 0 Å². The third kappa shape index (κ3) is 17.6. The van der Waals surface area contributed by atoms with E-state index in [0.717, 1.165) is 30.6 Å². The Morgan fingerprint density at radius 1 is 0.786 bits per heavy atom. The van der Waals surface area contributed by atoms with Gasteiger partial charge < -0.3 is 6.92 Å². The van der Waals surface area contributed by atoms with Gasteiger partial charge in [-0.15, -0.1) is 5.75 Å². The first-order chi connectivity index (χ1) is 12.5. The Kier molecular flexibility index (Phi) is 12.9. The third-order valence-electron chi connectivity index (χ3n) is 3.99. The van der Waals surface area contributed by atoms with Crippen LogP contribution in [0.15, 0.2) is 24.3 Å². The Bertz CT molecular complexity index is 618. The summed E-state index contributed by atoms with van der Waals surface area (Å²) in [6, 6.07) is 6.02. The second kappa shape index (κ2) is 12.6. The van der Waals surface area contributed by atoms with Gasteiger partial charge in [0.25, 0.3) is 0 Å². The van der Waals surface area contributed by atoms with Crippen molar-refractivity contribution in [3.05, 3.63) is 42.3 Å². The van der Waals surface area contributed by atoms with Crippen molar-refractivity contribution in [2.24, 2.45) is 0 Å². The largest absolute Gasteiger partial charge is 1.00 e. The fraction of sp³-hybridized carbons (Fsp3) is 0.550. The molecule has 0 aliphatic rings. The van der Waals surface area contributed by atoms with Gasteiger partial charge in [0, 0.05) is 5.56 Å². The minimum atomic E-state index is -9.66. The summed E-state index contributed by atoms with van der Waals surface area (Å²) in [4.78, 5) is 0. The van der Waals surface area contributed by atoms with Crippen LogP contribution >= 0.6 is 22.0 Å². The van der Waals surface area contributed by atoms with E-state index in [4.69, 9.17) is 0 Å². The van der Waals surface area contributed by atoms with Gasteiger partial charge in [-0.2, -0.15) is 11.8 Å². The van der Waals surface area contributed by atoms with Crippen LogP contribution in [-0.4, -0.2) is 11.5 Å². The molecule has 0 aliphatic carbocycles. The molecule has 0 saturated heterocycles. The summed E-state index contributed by atoms with van der Waals surface area (Å²) in [7, 11) is -9.66. The molecule has 0 fully saturated rings. The van der Waals surface area contributed by atoms with E-state index >= 15 is 0 Å². The maximum atomic E-state index is 12.2. The summed E-state index contributed by atoms with van der Waals surface area (Å²) < 4.78 is 60.9. The molecular formula is C20H28F5KS2. The SMILES string of the molecule is [CH2-]CSCCCCCCCCCCc1ccc(C#CS(F)(F)(F)(F)F)cc1.[K+]. The summed E-state index contributed by atoms with van der Waals surface area (Å²) in [5.74, 6) is 3.68. The van der Waals surface area contributed by atoms with E-state index < -0.39 is 10.2 Å². The van der Waals surface area contributed by atoms with Gasteiger partial charge in [0.05, 0.1) is 5.25 Å². The average molecular weight is 467 g/mol. The van der Waals surface area contributed by atoms with Crippen LogP contribution in [-0.2, 0) is 6.42 Å². The van der Waals surface area contributed by atoms with Crippen LogP contribution in [0.1, 0.15) is 62.5 Å². The zero-order valence-electron chi connectivity index (χ0n) is 16.5. The van der Waals surface area contributed by atoms with Gasteiger partial charge in [-0.1, -0.05) is 70.1 Å². The molecule has 0 N–H and O–H groups in total. The number of aryl methyl sites for hydroxylation is 1. The predicted octanol–water partition coefficient (Wildman–Crippen LogP) is 5.53. The molecule has 1 aromatic rings. The predicted molar refractivity (Wildman–Crippen MR) is 110 cm³/mol. The summed E-state index contributed by atoms with van der Waals surface area (Å²) in [6.45, 7) is 3.80. The Labute approximate surface area is 213 Å². The number of thioether (sulfide) groups is 1. The summed E-state index contributed by atoms with van der Waals surface area (Å²) in [5.41, 5.74) is 0.927. The second-order valence-electron chi connectivity index (χ2n) is 6.58. The van der Waals surface area contributed by atoms with Gasteiger partial charge in [0.15, 0.2) is 0 Å². The molecule has 1 aromatic carbocycles. The molecule has 0 heterocycles. The van der Waals surface area contributed by atoms with Crippen molar-refractivity contribution in [3.63, 3.8) is 0 Å². The number of unbranched alkanes of at least 4 members (excludes halogenated alkanes) is 7. The van der Waals surface area contributed by atoms with E-state index in [1.54, 1.807) is 12.1 Å². The van der Waals surface area contributed by atoms with Crippen LogP contribution in [0.3, 0.4) is 0 Å². The van der Waals surface area contributed by atoms with Crippen molar-refractivity contribution in [3.8, 4) is 11.2 Å². The zero-order valence-corrected chi connectivity index (χ0v) is 21.3. The molecule has 0 radical (unpaired) electrons. The molecule has 0 saturated carbocycles. The fourth-order valence-electron chi connectivity index (χ4n) is 2.61. The van der Waals surface area contributed by atoms with Gasteiger partial charge >= 0.3 is 61.6 Å². The maximum absolute atomic E-state index is 12.2. The quantitative estimate of drug-likeness (QED) is 0.128. The molecule has 0 aromatic heterocycles. The number of hydrogen-bond acceptors (Lipinski definition) is 1. The molecule has 1 rings (SSSR count). The second-order valence-corrected chi connectivity index (χ2v) is 9.95. The number of halogens is 5. The molecule has 0 bridgehead atoms. The minimum absolute atomic E-state index is 0. The summed E-state index contributed by atoms with van der Waals surface area (Å²) in [5, 5.41) is 0.232. The number of benzene rings is 1. The van der Waals surface area contributed by atoms with Gasteiger partial charge in [-0.25, -0.2) is 0 Å². The van der Waals surface area contributed by atoms with Crippen LogP contribution in [0.4, 0.5) is 19.4 Å². The summed E-state index contributed by atoms with van der Waals surface area (Å²) >= 11 is 1.88. The summed E-state index contributed by atoms with van der Waals surface area (Å²) in [6.07, 6.45) is 10.4. The first kappa shape index (κ1) is 28.8. The average Bonchev–Trinajstić information content (AvgIpc) is 2.57. The topological polar surface area (TPSA) is 0 Å². The molecule has 0 nitrogen and oxygen atoms in total. The molecule has 0 atom stereocenters. The van der Waals surface area contributed by atoms with E-state index in [1.165, 1.54) is 62.3 Å². The minimum Gasteiger partial charge on any atom is -0.334 e. The van der Waals surface area contributed by atoms with Gasteiger partial charge in [-0.3, -0.25) is 0 Å². The molecule has 0 amide bonds. The molecule has 8 heteroatoms. The van der Waals surface area contributed by atoms with E-state index in [9.17, 15) is 19.4 Å². The van der Waals surface area contributed by atoms with Crippen LogP contribution < -0.4 is 51.4 Å². The monoisotopic (exact) mass is 466 g/mol. The standard InChI is InChI=1S/C20H28F5S2.K/c1-2-26-17-10-8-6-4-3-5-7-9-11-19-12-14-20(15-13-19)16-18-27(21,22,23,24)25;/h12-15H,1-11,17H2;/q-1;+1. The van der Waals surface area contributed by atoms with Crippen LogP contribution in [0.5, 0.6) is 0 Å². The molecule has 0 aliphatic heterocycles. The molecule has 0 spiro atoms. The van der Waals surface area contributed by atoms with Crippen LogP contribution in [0.2, 0.25) is 0 Å². The Hall–Kier alpha value is 0.766. The normalized spacial score (nSPS) is 13.6. The van der Waals surface area contributed by atoms with E-state index in [-0.39, 0.29) is 62.2 Å². The Morgan fingerprint density at radius 2 is 1.29 bits per heavy atom. The van der Waals surface area contributed by atoms with Gasteiger partial charge in [-0.05, 0) is 48.6 Å². The van der Waals surface area contributed by atoms with Gasteiger partial charge in [0.2, 0.25) is 0 Å². The van der Waals surface area contributed by atoms with Gasteiger partial charge in [0.1, 0.15) is 0 Å². The van der Waals surface area contributed by atoms with Crippen LogP contribution in [0.25, 0.3) is 0 Å². The van der Waals surface area contributed by atoms with Crippen molar-refractivity contribution < 1.29 is 70.8 Å². The van der Waals surface area contributed by atoms with E-state index in [1.807, 2.05) is 11.8 Å². The Balaban J connectivity index is 0.00000729. The molecule has 28 heavy (non-hydrogen) atoms. The Morgan fingerprint density at radius 3 is 1.79 bits per heavy atom. The third-order valence-corrected chi connectivity index (χ3v) is 5.34. The van der Waals surface area contributed by atoms with E-state index in [0.29, 0.717) is 0 Å².